The lowest BCUT2D eigenvalue weighted by Crippen LogP contribution is -2.35. The van der Waals surface area contributed by atoms with Crippen LogP contribution in [0, 0.1) is 0 Å². The van der Waals surface area contributed by atoms with Gasteiger partial charge in [0.15, 0.2) is 0 Å². The normalized spacial score (nSPS) is 11.1. The van der Waals surface area contributed by atoms with Gasteiger partial charge in [0, 0.05) is 23.9 Å². The minimum Gasteiger partial charge on any atom is -0.497 e. The third kappa shape index (κ3) is 4.48. The molecule has 0 aliphatic rings. The molecule has 3 aromatic rings. The Hall–Kier alpha value is -2.38. The van der Waals surface area contributed by atoms with E-state index in [0.717, 1.165) is 28.3 Å². The Morgan fingerprint density at radius 3 is 2.44 bits per heavy atom. The number of benzene rings is 2. The Kier molecular flexibility index (Phi) is 6.47. The van der Waals surface area contributed by atoms with E-state index in [1.165, 1.54) is 0 Å². The summed E-state index contributed by atoms with van der Waals surface area (Å²) in [5, 5.41) is 27.0. The fraction of sp³-hybridized carbons (Fsp3) is 0.250. The van der Waals surface area contributed by atoms with E-state index in [0.29, 0.717) is 11.6 Å². The van der Waals surface area contributed by atoms with Crippen LogP contribution >= 0.6 is 11.6 Å². The predicted molar refractivity (Wildman–Crippen MR) is 105 cm³/mol. The minimum absolute atomic E-state index is 0.148. The van der Waals surface area contributed by atoms with Gasteiger partial charge in [0.05, 0.1) is 42.8 Å². The number of hydrogen-bond acceptors (Lipinski definition) is 5. The van der Waals surface area contributed by atoms with Crippen molar-refractivity contribution in [1.29, 1.82) is 0 Å². The van der Waals surface area contributed by atoms with Crippen molar-refractivity contribution >= 4 is 11.6 Å². The molecule has 1 heterocycles. The highest BCUT2D eigenvalue weighted by Crippen LogP contribution is 2.30. The summed E-state index contributed by atoms with van der Waals surface area (Å²) >= 11 is 6.38. The average Bonchev–Trinajstić information content (AvgIpc) is 3.13. The number of methoxy groups -OCH3 is 1. The van der Waals surface area contributed by atoms with Crippen LogP contribution < -0.4 is 10.1 Å². The first-order chi connectivity index (χ1) is 13.2. The molecule has 0 radical (unpaired) electrons. The Morgan fingerprint density at radius 1 is 1.11 bits per heavy atom. The Bertz CT molecular complexity index is 876. The first-order valence-electron chi connectivity index (χ1n) is 8.59. The van der Waals surface area contributed by atoms with Crippen molar-refractivity contribution in [2.45, 2.75) is 12.6 Å². The second-order valence-corrected chi connectivity index (χ2v) is 6.48. The van der Waals surface area contributed by atoms with Crippen LogP contribution in [0.15, 0.2) is 54.7 Å². The van der Waals surface area contributed by atoms with Crippen LogP contribution in [-0.4, -0.2) is 46.4 Å². The number of ether oxygens (including phenoxy) is 1. The molecule has 142 valence electrons. The number of aliphatic hydroxyl groups excluding tert-OH is 2. The van der Waals surface area contributed by atoms with Gasteiger partial charge in [-0.3, -0.25) is 0 Å². The van der Waals surface area contributed by atoms with E-state index in [2.05, 4.69) is 5.32 Å². The number of aliphatic hydroxyl groups is 2. The number of hydrogen-bond donors (Lipinski definition) is 3. The molecule has 0 saturated carbocycles. The quantitative estimate of drug-likeness (QED) is 0.553. The fourth-order valence-electron chi connectivity index (χ4n) is 2.73. The van der Waals surface area contributed by atoms with Gasteiger partial charge in [-0.25, -0.2) is 4.68 Å². The maximum absolute atomic E-state index is 9.29. The first kappa shape index (κ1) is 19.4. The summed E-state index contributed by atoms with van der Waals surface area (Å²) in [5.74, 6) is 0.771. The lowest BCUT2D eigenvalue weighted by atomic mass is 10.1. The maximum atomic E-state index is 9.29. The zero-order valence-corrected chi connectivity index (χ0v) is 15.7. The average molecular weight is 388 g/mol. The smallest absolute Gasteiger partial charge is 0.119 e. The number of rotatable bonds is 8. The van der Waals surface area contributed by atoms with Gasteiger partial charge >= 0.3 is 0 Å². The highest BCUT2D eigenvalue weighted by Gasteiger charge is 2.16. The van der Waals surface area contributed by atoms with Crippen molar-refractivity contribution in [1.82, 2.24) is 15.1 Å². The zero-order chi connectivity index (χ0) is 19.2. The topological polar surface area (TPSA) is 79.5 Å². The number of nitrogens with zero attached hydrogens (tertiary/aromatic N) is 2. The van der Waals surface area contributed by atoms with Crippen molar-refractivity contribution in [3.05, 3.63) is 65.3 Å². The van der Waals surface area contributed by atoms with Crippen molar-refractivity contribution in [3.8, 4) is 22.7 Å². The van der Waals surface area contributed by atoms with Crippen molar-refractivity contribution in [2.75, 3.05) is 20.3 Å². The third-order valence-corrected chi connectivity index (χ3v) is 4.61. The molecule has 0 aliphatic heterocycles. The van der Waals surface area contributed by atoms with E-state index in [4.69, 9.17) is 21.4 Å². The molecular weight excluding hydrogens is 366 g/mol. The lowest BCUT2D eigenvalue weighted by molar-refractivity contribution is 0.170. The van der Waals surface area contributed by atoms with Crippen LogP contribution in [0.5, 0.6) is 5.75 Å². The van der Waals surface area contributed by atoms with E-state index < -0.39 is 6.04 Å². The Labute approximate surface area is 163 Å². The third-order valence-electron chi connectivity index (χ3n) is 4.28. The second kappa shape index (κ2) is 9.01. The van der Waals surface area contributed by atoms with Gasteiger partial charge in [0.25, 0.3) is 0 Å². The molecule has 1 aromatic heterocycles. The molecule has 3 rings (SSSR count). The van der Waals surface area contributed by atoms with Gasteiger partial charge in [-0.05, 0) is 30.3 Å². The van der Waals surface area contributed by atoms with Crippen molar-refractivity contribution in [3.63, 3.8) is 0 Å². The fourth-order valence-corrected chi connectivity index (χ4v) is 2.95. The molecule has 27 heavy (non-hydrogen) atoms. The molecule has 6 nitrogen and oxygen atoms in total. The highest BCUT2D eigenvalue weighted by molar-refractivity contribution is 6.33. The lowest BCUT2D eigenvalue weighted by Gasteiger charge is -2.13. The zero-order valence-electron chi connectivity index (χ0n) is 15.0. The molecule has 0 bridgehead atoms. The van der Waals surface area contributed by atoms with Gasteiger partial charge in [0.2, 0.25) is 0 Å². The number of halogens is 1. The van der Waals surface area contributed by atoms with Gasteiger partial charge in [-0.1, -0.05) is 29.8 Å². The molecular formula is C20H22ClN3O3. The number of nitrogens with one attached hydrogen (secondary N) is 1. The first-order valence-corrected chi connectivity index (χ1v) is 8.97. The van der Waals surface area contributed by atoms with Crippen LogP contribution in [0.25, 0.3) is 16.9 Å². The van der Waals surface area contributed by atoms with Crippen LogP contribution in [0.4, 0.5) is 0 Å². The SMILES string of the molecule is COc1ccc(-n2cc(CNC(CO)CO)c(-c3ccccc3Cl)n2)cc1. The molecule has 0 aliphatic carbocycles. The van der Waals surface area contributed by atoms with Gasteiger partial charge in [-0.15, -0.1) is 0 Å². The molecule has 7 heteroatoms. The van der Waals surface area contributed by atoms with E-state index >= 15 is 0 Å². The summed E-state index contributed by atoms with van der Waals surface area (Å²) in [5.41, 5.74) is 3.37. The molecule has 0 amide bonds. The van der Waals surface area contributed by atoms with E-state index in [-0.39, 0.29) is 13.2 Å². The standard InChI is InChI=1S/C20H22ClN3O3/c1-27-17-8-6-16(7-9-17)24-11-14(10-22-15(12-25)13-26)20(23-24)18-4-2-3-5-19(18)21/h2-9,11,15,22,25-26H,10,12-13H2,1H3. The van der Waals surface area contributed by atoms with E-state index in [1.807, 2.05) is 54.7 Å². The summed E-state index contributed by atoms with van der Waals surface area (Å²) in [4.78, 5) is 0. The summed E-state index contributed by atoms with van der Waals surface area (Å²) < 4.78 is 6.98. The molecule has 0 unspecified atom stereocenters. The van der Waals surface area contributed by atoms with E-state index in [1.54, 1.807) is 11.8 Å². The van der Waals surface area contributed by atoms with Crippen LogP contribution in [-0.2, 0) is 6.54 Å². The van der Waals surface area contributed by atoms with E-state index in [9.17, 15) is 10.2 Å². The molecule has 2 aromatic carbocycles. The largest absolute Gasteiger partial charge is 0.497 e. The molecule has 0 fully saturated rings. The second-order valence-electron chi connectivity index (χ2n) is 6.07. The maximum Gasteiger partial charge on any atom is 0.119 e. The van der Waals surface area contributed by atoms with Gasteiger partial charge in [-0.2, -0.15) is 5.10 Å². The van der Waals surface area contributed by atoms with Crippen molar-refractivity contribution < 1.29 is 14.9 Å². The van der Waals surface area contributed by atoms with Crippen LogP contribution in [0.1, 0.15) is 5.56 Å². The minimum atomic E-state index is -0.395. The molecule has 3 N–H and O–H groups in total. The summed E-state index contributed by atoms with van der Waals surface area (Å²) in [6.07, 6.45) is 1.92. The Balaban J connectivity index is 1.98. The molecule has 0 saturated heterocycles. The summed E-state index contributed by atoms with van der Waals surface area (Å²) in [6.45, 7) is 0.136. The van der Waals surface area contributed by atoms with Crippen molar-refractivity contribution in [2.24, 2.45) is 0 Å². The highest BCUT2D eigenvalue weighted by atomic mass is 35.5. The van der Waals surface area contributed by atoms with Gasteiger partial charge in [0.1, 0.15) is 5.75 Å². The van der Waals surface area contributed by atoms with Gasteiger partial charge < -0.3 is 20.3 Å². The van der Waals surface area contributed by atoms with Crippen LogP contribution in [0.2, 0.25) is 5.02 Å². The molecule has 0 spiro atoms. The molecule has 0 atom stereocenters. The monoisotopic (exact) mass is 387 g/mol. The van der Waals surface area contributed by atoms with Crippen LogP contribution in [0.3, 0.4) is 0 Å². The summed E-state index contributed by atoms with van der Waals surface area (Å²) in [6, 6.07) is 14.7. The Morgan fingerprint density at radius 2 is 1.81 bits per heavy atom. The predicted octanol–water partition coefficient (Wildman–Crippen LogP) is 2.64. The number of aromatic nitrogens is 2. The summed E-state index contributed by atoms with van der Waals surface area (Å²) in [7, 11) is 1.63.